The minimum Gasteiger partial charge on any atom is -0.382 e. The molecule has 0 spiro atoms. The Morgan fingerprint density at radius 3 is 2.38 bits per heavy atom. The van der Waals surface area contributed by atoms with Crippen molar-refractivity contribution in [3.8, 4) is 0 Å². The average Bonchev–Trinajstić information content (AvgIpc) is 2.54. The molecule has 2 rings (SSSR count). The van der Waals surface area contributed by atoms with Gasteiger partial charge in [-0.05, 0) is 24.1 Å². The van der Waals surface area contributed by atoms with Crippen LogP contribution in [0.25, 0.3) is 0 Å². The molecule has 2 aromatic rings. The smallest absolute Gasteiger partial charge is 0.359 e. The summed E-state index contributed by atoms with van der Waals surface area (Å²) in [6, 6.07) is 3.45. The fourth-order valence-electron chi connectivity index (χ4n) is 2.18. The summed E-state index contributed by atoms with van der Waals surface area (Å²) in [5, 5.41) is 3.49. The summed E-state index contributed by atoms with van der Waals surface area (Å²) in [6.07, 6.45) is 2.84. The van der Waals surface area contributed by atoms with Crippen LogP contribution in [0.3, 0.4) is 0 Å². The first-order chi connectivity index (χ1) is 12.1. The Labute approximate surface area is 165 Å². The van der Waals surface area contributed by atoms with Crippen molar-refractivity contribution in [1.82, 2.24) is 4.98 Å². The molecular formula is C15H15Cl3FN3O3S. The highest BCUT2D eigenvalue weighted by molar-refractivity contribution is 7.87. The molecule has 0 saturated heterocycles. The predicted octanol–water partition coefficient (Wildman–Crippen LogP) is 4.54. The van der Waals surface area contributed by atoms with Gasteiger partial charge in [-0.15, -0.1) is 0 Å². The Bertz CT molecular complexity index is 879. The molecule has 1 aromatic carbocycles. The Hall–Kier alpha value is -1.32. The number of pyridine rings is 1. The molecule has 1 atom stereocenters. The molecule has 0 bridgehead atoms. The summed E-state index contributed by atoms with van der Waals surface area (Å²) in [5.74, 6) is -1.09. The van der Waals surface area contributed by atoms with Gasteiger partial charge in [0.05, 0.1) is 26.4 Å². The van der Waals surface area contributed by atoms with Crippen molar-refractivity contribution in [2.75, 3.05) is 22.7 Å². The third kappa shape index (κ3) is 5.34. The van der Waals surface area contributed by atoms with Gasteiger partial charge in [0.2, 0.25) is 0 Å². The number of hydrogen-bond donors (Lipinski definition) is 2. The average molecular weight is 443 g/mol. The van der Waals surface area contributed by atoms with E-state index < -0.39 is 16.1 Å². The van der Waals surface area contributed by atoms with Gasteiger partial charge in [-0.2, -0.15) is 8.42 Å². The van der Waals surface area contributed by atoms with Crippen LogP contribution in [0, 0.1) is 11.7 Å². The summed E-state index contributed by atoms with van der Waals surface area (Å²) in [6.45, 7) is 1.90. The van der Waals surface area contributed by atoms with Crippen molar-refractivity contribution in [2.45, 2.75) is 6.92 Å². The number of halogens is 4. The standard InChI is InChI=1S/C15H15Cl3FN3O3S/c1-9(5-21-15-12(17)6-20-7-13(15)18)8-22(26(23,24)25)10-2-3-11(16)14(19)4-10/h2-4,6-7,9H,5,8H2,1H3,(H,20,21)(H,23,24,25). The van der Waals surface area contributed by atoms with Gasteiger partial charge in [0, 0.05) is 25.5 Å². The first kappa shape index (κ1) is 21.0. The van der Waals surface area contributed by atoms with Gasteiger partial charge in [0.25, 0.3) is 0 Å². The number of aromatic nitrogens is 1. The number of hydrogen-bond acceptors (Lipinski definition) is 4. The third-order valence-electron chi connectivity index (χ3n) is 3.43. The van der Waals surface area contributed by atoms with Crippen molar-refractivity contribution < 1.29 is 17.4 Å². The molecule has 0 saturated carbocycles. The SMILES string of the molecule is CC(CNc1c(Cl)cncc1Cl)CN(c1ccc(Cl)c(F)c1)S(=O)(=O)O. The maximum Gasteiger partial charge on any atom is 0.359 e. The number of anilines is 2. The molecule has 1 aromatic heterocycles. The molecule has 11 heteroatoms. The van der Waals surface area contributed by atoms with E-state index in [1.54, 1.807) is 6.92 Å². The van der Waals surface area contributed by atoms with E-state index in [0.29, 0.717) is 20.0 Å². The van der Waals surface area contributed by atoms with Crippen molar-refractivity contribution in [3.05, 3.63) is 51.5 Å². The molecule has 1 unspecified atom stereocenters. The molecule has 0 aliphatic rings. The van der Waals surface area contributed by atoms with Crippen LogP contribution in [-0.4, -0.2) is 31.0 Å². The zero-order chi connectivity index (χ0) is 19.5. The second-order valence-electron chi connectivity index (χ2n) is 5.57. The molecule has 0 amide bonds. The molecule has 1 heterocycles. The summed E-state index contributed by atoms with van der Waals surface area (Å²) in [4.78, 5) is 3.84. The molecule has 142 valence electrons. The maximum atomic E-state index is 13.6. The van der Waals surface area contributed by atoms with Crippen LogP contribution in [0.2, 0.25) is 15.1 Å². The van der Waals surface area contributed by atoms with E-state index in [2.05, 4.69) is 10.3 Å². The van der Waals surface area contributed by atoms with Crippen LogP contribution >= 0.6 is 34.8 Å². The molecule has 0 fully saturated rings. The van der Waals surface area contributed by atoms with E-state index in [1.807, 2.05) is 0 Å². The van der Waals surface area contributed by atoms with Crippen LogP contribution in [0.1, 0.15) is 6.92 Å². The van der Waals surface area contributed by atoms with Gasteiger partial charge in [-0.3, -0.25) is 9.54 Å². The lowest BCUT2D eigenvalue weighted by Crippen LogP contribution is -2.36. The highest BCUT2D eigenvalue weighted by Crippen LogP contribution is 2.29. The summed E-state index contributed by atoms with van der Waals surface area (Å²) < 4.78 is 47.2. The highest BCUT2D eigenvalue weighted by Gasteiger charge is 2.23. The number of nitrogens with one attached hydrogen (secondary N) is 1. The van der Waals surface area contributed by atoms with E-state index in [4.69, 9.17) is 34.8 Å². The van der Waals surface area contributed by atoms with E-state index >= 15 is 0 Å². The lowest BCUT2D eigenvalue weighted by atomic mass is 10.1. The zero-order valence-corrected chi connectivity index (χ0v) is 16.5. The first-order valence-corrected chi connectivity index (χ1v) is 9.85. The molecule has 0 aliphatic carbocycles. The predicted molar refractivity (Wildman–Crippen MR) is 102 cm³/mol. The quantitative estimate of drug-likeness (QED) is 0.615. The number of nitrogens with zero attached hydrogens (tertiary/aromatic N) is 2. The molecule has 0 radical (unpaired) electrons. The van der Waals surface area contributed by atoms with Crippen LogP contribution < -0.4 is 9.62 Å². The highest BCUT2D eigenvalue weighted by atomic mass is 35.5. The van der Waals surface area contributed by atoms with Crippen molar-refractivity contribution in [3.63, 3.8) is 0 Å². The molecule has 26 heavy (non-hydrogen) atoms. The normalized spacial score (nSPS) is 12.7. The monoisotopic (exact) mass is 441 g/mol. The minimum atomic E-state index is -4.61. The topological polar surface area (TPSA) is 82.5 Å². The number of benzene rings is 1. The molecule has 2 N–H and O–H groups in total. The fourth-order valence-corrected chi connectivity index (χ4v) is 3.62. The van der Waals surface area contributed by atoms with E-state index in [0.717, 1.165) is 6.07 Å². The van der Waals surface area contributed by atoms with Gasteiger partial charge >= 0.3 is 10.3 Å². The van der Waals surface area contributed by atoms with Gasteiger partial charge < -0.3 is 5.32 Å². The zero-order valence-electron chi connectivity index (χ0n) is 13.5. The largest absolute Gasteiger partial charge is 0.382 e. The Morgan fingerprint density at radius 2 is 1.85 bits per heavy atom. The Kier molecular flexibility index (Phi) is 6.92. The fraction of sp³-hybridized carbons (Fsp3) is 0.267. The van der Waals surface area contributed by atoms with Crippen LogP contribution in [0.15, 0.2) is 30.6 Å². The van der Waals surface area contributed by atoms with Crippen molar-refractivity contribution in [1.29, 1.82) is 0 Å². The summed E-state index contributed by atoms with van der Waals surface area (Å²) in [5.41, 5.74) is 0.423. The van der Waals surface area contributed by atoms with Crippen LogP contribution in [0.4, 0.5) is 15.8 Å². The van der Waals surface area contributed by atoms with Crippen LogP contribution in [0.5, 0.6) is 0 Å². The molecule has 6 nitrogen and oxygen atoms in total. The Balaban J connectivity index is 2.14. The van der Waals surface area contributed by atoms with E-state index in [-0.39, 0.29) is 29.7 Å². The summed E-state index contributed by atoms with van der Waals surface area (Å²) in [7, 11) is -4.61. The third-order valence-corrected chi connectivity index (χ3v) is 5.22. The van der Waals surface area contributed by atoms with Crippen LogP contribution in [-0.2, 0) is 10.3 Å². The summed E-state index contributed by atoms with van der Waals surface area (Å²) >= 11 is 17.6. The second kappa shape index (κ2) is 8.58. The minimum absolute atomic E-state index is 0.0405. The van der Waals surface area contributed by atoms with Gasteiger partial charge in [-0.25, -0.2) is 8.70 Å². The molecular weight excluding hydrogens is 428 g/mol. The Morgan fingerprint density at radius 1 is 1.23 bits per heavy atom. The maximum absolute atomic E-state index is 13.6. The van der Waals surface area contributed by atoms with Gasteiger partial charge in [-0.1, -0.05) is 41.7 Å². The molecule has 0 aliphatic heterocycles. The van der Waals surface area contributed by atoms with Crippen molar-refractivity contribution in [2.24, 2.45) is 5.92 Å². The van der Waals surface area contributed by atoms with Gasteiger partial charge in [0.15, 0.2) is 0 Å². The first-order valence-electron chi connectivity index (χ1n) is 7.32. The second-order valence-corrected chi connectivity index (χ2v) is 8.13. The van der Waals surface area contributed by atoms with Crippen molar-refractivity contribution >= 4 is 56.5 Å². The van der Waals surface area contributed by atoms with E-state index in [9.17, 15) is 17.4 Å². The number of rotatable bonds is 7. The van der Waals surface area contributed by atoms with Gasteiger partial charge in [0.1, 0.15) is 5.82 Å². The lowest BCUT2D eigenvalue weighted by Gasteiger charge is -2.25. The lowest BCUT2D eigenvalue weighted by molar-refractivity contribution is 0.471. The van der Waals surface area contributed by atoms with E-state index in [1.165, 1.54) is 24.5 Å².